The third-order valence-corrected chi connectivity index (χ3v) is 6.40. The molecule has 7 nitrogen and oxygen atoms in total. The molecule has 33 heavy (non-hydrogen) atoms. The van der Waals surface area contributed by atoms with E-state index in [1.165, 1.54) is 11.8 Å². The number of hydrogen-bond acceptors (Lipinski definition) is 5. The second kappa shape index (κ2) is 10.0. The van der Waals surface area contributed by atoms with E-state index in [1.54, 1.807) is 15.4 Å². The number of hydrogen-bond donors (Lipinski definition) is 1. The first kappa shape index (κ1) is 22.8. The summed E-state index contributed by atoms with van der Waals surface area (Å²) >= 11 is 1.26. The number of nitrogens with one attached hydrogen (secondary N) is 1. The van der Waals surface area contributed by atoms with Crippen molar-refractivity contribution in [2.75, 3.05) is 11.1 Å². The average molecular weight is 462 g/mol. The number of anilines is 1. The van der Waals surface area contributed by atoms with Gasteiger partial charge in [-0.05, 0) is 37.5 Å². The maximum atomic E-state index is 13.3. The number of carbonyl (C=O) groups excluding carboxylic acids is 1. The number of para-hydroxylation sites is 1. The van der Waals surface area contributed by atoms with Gasteiger partial charge in [0.15, 0.2) is 10.7 Å². The second-order valence-electron chi connectivity index (χ2n) is 7.84. The van der Waals surface area contributed by atoms with Crippen molar-refractivity contribution in [1.82, 2.24) is 19.3 Å². The Morgan fingerprint density at radius 2 is 1.85 bits per heavy atom. The Morgan fingerprint density at radius 3 is 2.58 bits per heavy atom. The molecule has 0 aliphatic rings. The summed E-state index contributed by atoms with van der Waals surface area (Å²) in [6.45, 7) is 7.06. The standard InChI is InChI=1S/C25H27N5O2S/c1-4-19-8-6-7-9-20(19)26-22(31)16-33-25-27-21-15-29(5-2)28-23(21)24(32)30(25)14-18-12-10-17(3)11-13-18/h6-13,15H,4-5,14,16H2,1-3H3,(H,26,31). The third kappa shape index (κ3) is 5.17. The van der Waals surface area contributed by atoms with Crippen LogP contribution in [0.5, 0.6) is 0 Å². The van der Waals surface area contributed by atoms with Crippen molar-refractivity contribution in [2.24, 2.45) is 0 Å². The highest BCUT2D eigenvalue weighted by molar-refractivity contribution is 7.99. The van der Waals surface area contributed by atoms with E-state index in [0.717, 1.165) is 28.8 Å². The summed E-state index contributed by atoms with van der Waals surface area (Å²) < 4.78 is 3.32. The van der Waals surface area contributed by atoms with Gasteiger partial charge in [0.05, 0.1) is 18.5 Å². The average Bonchev–Trinajstić information content (AvgIpc) is 3.25. The van der Waals surface area contributed by atoms with E-state index in [0.29, 0.717) is 29.3 Å². The molecule has 1 N–H and O–H groups in total. The van der Waals surface area contributed by atoms with Crippen molar-refractivity contribution in [3.8, 4) is 0 Å². The molecule has 0 aliphatic carbocycles. The molecule has 4 rings (SSSR count). The molecule has 0 spiro atoms. The number of benzene rings is 2. The summed E-state index contributed by atoms with van der Waals surface area (Å²) in [5, 5.41) is 7.87. The zero-order valence-electron chi connectivity index (χ0n) is 19.0. The highest BCUT2D eigenvalue weighted by atomic mass is 32.2. The van der Waals surface area contributed by atoms with E-state index in [1.807, 2.05) is 62.4 Å². The normalized spacial score (nSPS) is 11.1. The van der Waals surface area contributed by atoms with Crippen LogP contribution >= 0.6 is 11.8 Å². The summed E-state index contributed by atoms with van der Waals surface area (Å²) in [4.78, 5) is 30.7. The molecule has 1 amide bonds. The molecule has 8 heteroatoms. The number of fused-ring (bicyclic) bond motifs is 1. The van der Waals surface area contributed by atoms with Crippen molar-refractivity contribution in [1.29, 1.82) is 0 Å². The molecular formula is C25H27N5O2S. The van der Waals surface area contributed by atoms with Gasteiger partial charge in [0.1, 0.15) is 5.52 Å². The molecule has 2 aromatic carbocycles. The molecule has 0 aliphatic heterocycles. The van der Waals surface area contributed by atoms with Crippen LogP contribution in [0.25, 0.3) is 11.0 Å². The van der Waals surface area contributed by atoms with Gasteiger partial charge < -0.3 is 5.32 Å². The molecule has 0 unspecified atom stereocenters. The Balaban J connectivity index is 1.62. The van der Waals surface area contributed by atoms with E-state index in [9.17, 15) is 9.59 Å². The Kier molecular flexibility index (Phi) is 6.93. The number of carbonyl (C=O) groups is 1. The molecule has 0 saturated heterocycles. The fourth-order valence-corrected chi connectivity index (χ4v) is 4.38. The number of nitrogens with zero attached hydrogens (tertiary/aromatic N) is 4. The number of rotatable bonds is 8. The van der Waals surface area contributed by atoms with Crippen LogP contribution in [0.15, 0.2) is 64.7 Å². The third-order valence-electron chi connectivity index (χ3n) is 5.43. The highest BCUT2D eigenvalue weighted by Crippen LogP contribution is 2.21. The topological polar surface area (TPSA) is 81.8 Å². The van der Waals surface area contributed by atoms with Crippen LogP contribution < -0.4 is 10.9 Å². The van der Waals surface area contributed by atoms with Crippen LogP contribution in [0.2, 0.25) is 0 Å². The van der Waals surface area contributed by atoms with Crippen LogP contribution in [-0.2, 0) is 24.3 Å². The molecule has 170 valence electrons. The van der Waals surface area contributed by atoms with E-state index >= 15 is 0 Å². The maximum absolute atomic E-state index is 13.3. The molecule has 2 heterocycles. The largest absolute Gasteiger partial charge is 0.325 e. The zero-order valence-corrected chi connectivity index (χ0v) is 19.9. The lowest BCUT2D eigenvalue weighted by Crippen LogP contribution is -2.25. The summed E-state index contributed by atoms with van der Waals surface area (Å²) in [6.07, 6.45) is 2.61. The minimum atomic E-state index is -0.202. The maximum Gasteiger partial charge on any atom is 0.282 e. The quantitative estimate of drug-likeness (QED) is 0.313. The summed E-state index contributed by atoms with van der Waals surface area (Å²) in [5.41, 5.74) is 4.72. The highest BCUT2D eigenvalue weighted by Gasteiger charge is 2.17. The molecule has 0 bridgehead atoms. The summed E-state index contributed by atoms with van der Waals surface area (Å²) in [7, 11) is 0. The fraction of sp³-hybridized carbons (Fsp3) is 0.280. The smallest absolute Gasteiger partial charge is 0.282 e. The van der Waals surface area contributed by atoms with Gasteiger partial charge in [-0.1, -0.05) is 66.7 Å². The van der Waals surface area contributed by atoms with Gasteiger partial charge in [0, 0.05) is 12.2 Å². The molecule has 0 radical (unpaired) electrons. The zero-order chi connectivity index (χ0) is 23.4. The Bertz CT molecular complexity index is 1340. The van der Waals surface area contributed by atoms with Crippen LogP contribution in [0.3, 0.4) is 0 Å². The minimum Gasteiger partial charge on any atom is -0.325 e. The SMILES string of the molecule is CCc1ccccc1NC(=O)CSc1nc2cn(CC)nc2c(=O)n1Cc1ccc(C)cc1. The van der Waals surface area contributed by atoms with E-state index < -0.39 is 0 Å². The van der Waals surface area contributed by atoms with E-state index in [-0.39, 0.29) is 17.2 Å². The van der Waals surface area contributed by atoms with Crippen LogP contribution in [0.1, 0.15) is 30.5 Å². The van der Waals surface area contributed by atoms with Crippen molar-refractivity contribution >= 4 is 34.4 Å². The molecule has 0 saturated carbocycles. The number of aromatic nitrogens is 4. The van der Waals surface area contributed by atoms with Gasteiger partial charge in [0.2, 0.25) is 5.91 Å². The minimum absolute atomic E-state index is 0.138. The van der Waals surface area contributed by atoms with Crippen molar-refractivity contribution < 1.29 is 4.79 Å². The van der Waals surface area contributed by atoms with Gasteiger partial charge in [-0.25, -0.2) is 4.98 Å². The van der Waals surface area contributed by atoms with Crippen LogP contribution in [0.4, 0.5) is 5.69 Å². The van der Waals surface area contributed by atoms with Crippen molar-refractivity contribution in [3.05, 3.63) is 81.8 Å². The molecule has 0 atom stereocenters. The van der Waals surface area contributed by atoms with E-state index in [2.05, 4.69) is 17.3 Å². The van der Waals surface area contributed by atoms with Crippen LogP contribution in [0, 0.1) is 6.92 Å². The first-order valence-electron chi connectivity index (χ1n) is 11.0. The Morgan fingerprint density at radius 1 is 1.09 bits per heavy atom. The van der Waals surface area contributed by atoms with Gasteiger partial charge in [-0.15, -0.1) is 0 Å². The van der Waals surface area contributed by atoms with Gasteiger partial charge in [-0.2, -0.15) is 5.10 Å². The Labute approximate surface area is 196 Å². The fourth-order valence-electron chi connectivity index (χ4n) is 3.58. The summed E-state index contributed by atoms with van der Waals surface area (Å²) in [6, 6.07) is 15.8. The molecule has 4 aromatic rings. The summed E-state index contributed by atoms with van der Waals surface area (Å²) in [5.74, 6) is 0.00704. The van der Waals surface area contributed by atoms with E-state index in [4.69, 9.17) is 4.98 Å². The molecule has 0 fully saturated rings. The number of amides is 1. The second-order valence-corrected chi connectivity index (χ2v) is 8.78. The van der Waals surface area contributed by atoms with Crippen molar-refractivity contribution in [3.63, 3.8) is 0 Å². The molecular weight excluding hydrogens is 434 g/mol. The molecule has 2 aromatic heterocycles. The lowest BCUT2D eigenvalue weighted by Gasteiger charge is -2.13. The van der Waals surface area contributed by atoms with Gasteiger partial charge in [0.25, 0.3) is 5.56 Å². The van der Waals surface area contributed by atoms with Gasteiger partial charge >= 0.3 is 0 Å². The van der Waals surface area contributed by atoms with Gasteiger partial charge in [-0.3, -0.25) is 18.8 Å². The van der Waals surface area contributed by atoms with Crippen LogP contribution in [-0.4, -0.2) is 31.0 Å². The monoisotopic (exact) mass is 461 g/mol. The lowest BCUT2D eigenvalue weighted by atomic mass is 10.1. The van der Waals surface area contributed by atoms with Crippen molar-refractivity contribution in [2.45, 2.75) is 45.4 Å². The number of aryl methyl sites for hydroxylation is 3. The Hall–Kier alpha value is -3.39. The predicted molar refractivity (Wildman–Crippen MR) is 133 cm³/mol. The first-order valence-corrected chi connectivity index (χ1v) is 12.0. The first-order chi connectivity index (χ1) is 16.0. The lowest BCUT2D eigenvalue weighted by molar-refractivity contribution is -0.113. The predicted octanol–water partition coefficient (Wildman–Crippen LogP) is 4.26. The number of thioether (sulfide) groups is 1.